The van der Waals surface area contributed by atoms with Crippen molar-refractivity contribution in [3.05, 3.63) is 59.7 Å². The molecule has 0 aliphatic rings. The van der Waals surface area contributed by atoms with Crippen molar-refractivity contribution in [3.63, 3.8) is 0 Å². The van der Waals surface area contributed by atoms with Crippen LogP contribution in [0.3, 0.4) is 0 Å². The van der Waals surface area contributed by atoms with Crippen molar-refractivity contribution >= 4 is 18.9 Å². The summed E-state index contributed by atoms with van der Waals surface area (Å²) in [5.41, 5.74) is 3.91. The number of anilines is 1. The number of benzene rings is 2. The Morgan fingerprint density at radius 2 is 1.53 bits per heavy atom. The maximum absolute atomic E-state index is 3.63. The van der Waals surface area contributed by atoms with Crippen molar-refractivity contribution in [1.82, 2.24) is 0 Å². The summed E-state index contributed by atoms with van der Waals surface area (Å²) in [7, 11) is -1.42. The van der Waals surface area contributed by atoms with Gasteiger partial charge in [-0.2, -0.15) is 0 Å². The van der Waals surface area contributed by atoms with Crippen LogP contribution >= 0.6 is 0 Å². The summed E-state index contributed by atoms with van der Waals surface area (Å²) in [5, 5.41) is 5.14. The first-order valence-corrected chi connectivity index (χ1v) is 10.1. The van der Waals surface area contributed by atoms with Gasteiger partial charge in [-0.15, -0.1) is 0 Å². The Balaban J connectivity index is 2.09. The van der Waals surface area contributed by atoms with Crippen LogP contribution in [0.15, 0.2) is 48.5 Å². The fraction of sp³-hybridized carbons (Fsp3) is 0.294. The fourth-order valence-corrected chi connectivity index (χ4v) is 4.10. The van der Waals surface area contributed by atoms with Gasteiger partial charge in [-0.3, -0.25) is 0 Å². The number of aryl methyl sites for hydroxylation is 2. The summed E-state index contributed by atoms with van der Waals surface area (Å²) in [6, 6.07) is 17.5. The van der Waals surface area contributed by atoms with Gasteiger partial charge in [-0.1, -0.05) is 66.3 Å². The standard InChI is InChI=1S/C17H23NSi/c1-14-9-11-16(12-10-14)19(3,4)13-18-17-8-6-5-7-15(17)2/h5-12,18H,13H2,1-4H3. The van der Waals surface area contributed by atoms with Crippen molar-refractivity contribution in [2.45, 2.75) is 26.9 Å². The highest BCUT2D eigenvalue weighted by Gasteiger charge is 2.23. The van der Waals surface area contributed by atoms with Gasteiger partial charge in [0, 0.05) is 11.9 Å². The molecule has 19 heavy (non-hydrogen) atoms. The van der Waals surface area contributed by atoms with Gasteiger partial charge in [-0.05, 0) is 25.5 Å². The molecule has 0 fully saturated rings. The zero-order valence-corrected chi connectivity index (χ0v) is 13.3. The molecule has 2 aromatic carbocycles. The predicted octanol–water partition coefficient (Wildman–Crippen LogP) is 3.87. The summed E-state index contributed by atoms with van der Waals surface area (Å²) in [6.45, 7) is 9.14. The Morgan fingerprint density at radius 1 is 0.895 bits per heavy atom. The SMILES string of the molecule is Cc1ccc([Si](C)(C)CNc2ccccc2C)cc1. The van der Waals surface area contributed by atoms with Crippen LogP contribution in [-0.2, 0) is 0 Å². The van der Waals surface area contributed by atoms with Gasteiger partial charge in [0.1, 0.15) is 8.07 Å². The van der Waals surface area contributed by atoms with Crippen molar-refractivity contribution in [2.75, 3.05) is 11.5 Å². The van der Waals surface area contributed by atoms with E-state index in [4.69, 9.17) is 0 Å². The normalized spacial score (nSPS) is 11.4. The zero-order chi connectivity index (χ0) is 13.9. The van der Waals surface area contributed by atoms with E-state index in [1.807, 2.05) is 0 Å². The minimum atomic E-state index is -1.42. The third-order valence-corrected chi connectivity index (χ3v) is 6.66. The molecule has 0 spiro atoms. The van der Waals surface area contributed by atoms with E-state index in [1.165, 1.54) is 22.0 Å². The van der Waals surface area contributed by atoms with E-state index >= 15 is 0 Å². The molecule has 0 heterocycles. The van der Waals surface area contributed by atoms with E-state index in [1.54, 1.807) is 0 Å². The minimum absolute atomic E-state index is 1.07. The van der Waals surface area contributed by atoms with Gasteiger partial charge in [0.05, 0.1) is 0 Å². The number of para-hydroxylation sites is 1. The lowest BCUT2D eigenvalue weighted by molar-refractivity contribution is 1.33. The molecule has 0 saturated carbocycles. The zero-order valence-electron chi connectivity index (χ0n) is 12.3. The van der Waals surface area contributed by atoms with Gasteiger partial charge in [0.15, 0.2) is 0 Å². The van der Waals surface area contributed by atoms with Gasteiger partial charge >= 0.3 is 0 Å². The quantitative estimate of drug-likeness (QED) is 0.831. The van der Waals surface area contributed by atoms with Gasteiger partial charge < -0.3 is 5.32 Å². The van der Waals surface area contributed by atoms with E-state index < -0.39 is 8.07 Å². The second-order valence-electron chi connectivity index (χ2n) is 5.92. The molecular formula is C17H23NSi. The molecule has 0 radical (unpaired) electrons. The molecule has 0 aliphatic heterocycles. The highest BCUT2D eigenvalue weighted by atomic mass is 28.3. The maximum atomic E-state index is 3.63. The molecular weight excluding hydrogens is 246 g/mol. The lowest BCUT2D eigenvalue weighted by Gasteiger charge is -2.24. The molecule has 0 saturated heterocycles. The van der Waals surface area contributed by atoms with E-state index in [-0.39, 0.29) is 0 Å². The second-order valence-corrected chi connectivity index (χ2v) is 10.6. The molecule has 2 aromatic rings. The van der Waals surface area contributed by atoms with Crippen molar-refractivity contribution < 1.29 is 0 Å². The van der Waals surface area contributed by atoms with Crippen LogP contribution in [0.25, 0.3) is 0 Å². The van der Waals surface area contributed by atoms with Crippen LogP contribution in [0.5, 0.6) is 0 Å². The minimum Gasteiger partial charge on any atom is -0.387 e. The fourth-order valence-electron chi connectivity index (χ4n) is 2.19. The molecule has 0 bridgehead atoms. The van der Waals surface area contributed by atoms with Crippen molar-refractivity contribution in [1.29, 1.82) is 0 Å². The van der Waals surface area contributed by atoms with Crippen LogP contribution in [0.2, 0.25) is 13.1 Å². The molecule has 2 rings (SSSR count). The molecule has 0 unspecified atom stereocenters. The predicted molar refractivity (Wildman–Crippen MR) is 88.0 cm³/mol. The molecule has 1 N–H and O–H groups in total. The Kier molecular flexibility index (Phi) is 4.10. The second kappa shape index (κ2) is 5.62. The highest BCUT2D eigenvalue weighted by Crippen LogP contribution is 2.14. The third kappa shape index (κ3) is 3.48. The first-order valence-electron chi connectivity index (χ1n) is 6.86. The molecule has 0 amide bonds. The summed E-state index contributed by atoms with van der Waals surface area (Å²) in [4.78, 5) is 0. The molecule has 0 aliphatic carbocycles. The van der Waals surface area contributed by atoms with Gasteiger partial charge in [-0.25, -0.2) is 0 Å². The monoisotopic (exact) mass is 269 g/mol. The summed E-state index contributed by atoms with van der Waals surface area (Å²) >= 11 is 0. The van der Waals surface area contributed by atoms with Crippen molar-refractivity contribution in [3.8, 4) is 0 Å². The Hall–Kier alpha value is -1.54. The molecule has 0 aromatic heterocycles. The Bertz CT molecular complexity index is 543. The van der Waals surface area contributed by atoms with E-state index in [2.05, 4.69) is 80.8 Å². The Morgan fingerprint density at radius 3 is 2.16 bits per heavy atom. The van der Waals surface area contributed by atoms with Gasteiger partial charge in [0.25, 0.3) is 0 Å². The van der Waals surface area contributed by atoms with Crippen molar-refractivity contribution in [2.24, 2.45) is 0 Å². The molecule has 1 nitrogen and oxygen atoms in total. The van der Waals surface area contributed by atoms with E-state index in [0.29, 0.717) is 0 Å². The number of hydrogen-bond donors (Lipinski definition) is 1. The number of nitrogens with one attached hydrogen (secondary N) is 1. The maximum Gasteiger partial charge on any atom is 0.101 e. The average molecular weight is 269 g/mol. The largest absolute Gasteiger partial charge is 0.387 e. The topological polar surface area (TPSA) is 12.0 Å². The van der Waals surface area contributed by atoms with Crippen LogP contribution in [0.4, 0.5) is 5.69 Å². The molecule has 100 valence electrons. The van der Waals surface area contributed by atoms with E-state index in [0.717, 1.165) is 6.17 Å². The first kappa shape index (κ1) is 13.9. The summed E-state index contributed by atoms with van der Waals surface area (Å²) in [6.07, 6.45) is 1.07. The van der Waals surface area contributed by atoms with Crippen LogP contribution in [-0.4, -0.2) is 14.2 Å². The van der Waals surface area contributed by atoms with Crippen LogP contribution < -0.4 is 10.5 Å². The first-order chi connectivity index (χ1) is 8.99. The van der Waals surface area contributed by atoms with Crippen LogP contribution in [0, 0.1) is 13.8 Å². The summed E-state index contributed by atoms with van der Waals surface area (Å²) < 4.78 is 0. The Labute approximate surface area is 117 Å². The summed E-state index contributed by atoms with van der Waals surface area (Å²) in [5.74, 6) is 0. The number of hydrogen-bond acceptors (Lipinski definition) is 1. The number of rotatable bonds is 4. The molecule has 2 heteroatoms. The van der Waals surface area contributed by atoms with E-state index in [9.17, 15) is 0 Å². The lowest BCUT2D eigenvalue weighted by atomic mass is 10.2. The lowest BCUT2D eigenvalue weighted by Crippen LogP contribution is -2.48. The van der Waals surface area contributed by atoms with Gasteiger partial charge in [0.2, 0.25) is 0 Å². The third-order valence-electron chi connectivity index (χ3n) is 3.70. The molecule has 0 atom stereocenters. The smallest absolute Gasteiger partial charge is 0.101 e. The highest BCUT2D eigenvalue weighted by molar-refractivity contribution is 6.90. The average Bonchev–Trinajstić information content (AvgIpc) is 2.38. The van der Waals surface area contributed by atoms with Crippen LogP contribution in [0.1, 0.15) is 11.1 Å².